The van der Waals surface area contributed by atoms with Crippen molar-refractivity contribution in [3.63, 3.8) is 0 Å². The average Bonchev–Trinajstić information content (AvgIpc) is 3.07. The van der Waals surface area contributed by atoms with Crippen molar-refractivity contribution in [1.29, 1.82) is 0 Å². The molecule has 0 radical (unpaired) electrons. The third kappa shape index (κ3) is 4.10. The first-order chi connectivity index (χ1) is 13.4. The van der Waals surface area contributed by atoms with Gasteiger partial charge in [-0.25, -0.2) is 4.52 Å². The Morgan fingerprint density at radius 3 is 2.46 bits per heavy atom. The van der Waals surface area contributed by atoms with E-state index in [1.807, 2.05) is 18.2 Å². The van der Waals surface area contributed by atoms with Gasteiger partial charge >= 0.3 is 6.18 Å². The summed E-state index contributed by atoms with van der Waals surface area (Å²) in [7, 11) is 0. The summed E-state index contributed by atoms with van der Waals surface area (Å²) in [6, 6.07) is 10.5. The molecule has 0 amide bonds. The Hall–Kier alpha value is -2.65. The first-order valence-electron chi connectivity index (χ1n) is 9.08. The summed E-state index contributed by atoms with van der Waals surface area (Å²) in [6.07, 6.45) is -3.07. The molecule has 1 fully saturated rings. The van der Waals surface area contributed by atoms with Crippen LogP contribution >= 0.6 is 0 Å². The summed E-state index contributed by atoms with van der Waals surface area (Å²) in [5.74, 6) is 0.321. The van der Waals surface area contributed by atoms with Crippen molar-refractivity contribution in [2.45, 2.75) is 31.7 Å². The molecule has 0 aliphatic carbocycles. The zero-order valence-electron chi connectivity index (χ0n) is 15.0. The number of halogens is 3. The largest absolute Gasteiger partial charge is 0.416 e. The number of nitrogens with one attached hydrogen (secondary N) is 1. The molecule has 9 heteroatoms. The van der Waals surface area contributed by atoms with Crippen LogP contribution in [0.15, 0.2) is 42.5 Å². The molecule has 1 aliphatic rings. The van der Waals surface area contributed by atoms with E-state index in [1.54, 1.807) is 4.52 Å². The minimum Gasteiger partial charge on any atom is -0.393 e. The SMILES string of the molecule is OC1CCN(Cc2cccc3nc(Nc4ccc(C(F)(F)F)cc4)nn23)CC1. The van der Waals surface area contributed by atoms with Crippen LogP contribution in [0.25, 0.3) is 5.65 Å². The molecule has 1 saturated heterocycles. The Labute approximate surface area is 159 Å². The molecular formula is C19H20F3N5O. The van der Waals surface area contributed by atoms with E-state index in [-0.39, 0.29) is 6.10 Å². The summed E-state index contributed by atoms with van der Waals surface area (Å²) in [5.41, 5.74) is 1.40. The fourth-order valence-corrected chi connectivity index (χ4v) is 3.31. The van der Waals surface area contributed by atoms with Gasteiger partial charge in [0, 0.05) is 25.3 Å². The molecule has 0 saturated carbocycles. The number of hydrogen-bond donors (Lipinski definition) is 2. The zero-order chi connectivity index (χ0) is 19.7. The minimum absolute atomic E-state index is 0.224. The molecule has 2 N–H and O–H groups in total. The first kappa shape index (κ1) is 18.7. The lowest BCUT2D eigenvalue weighted by Crippen LogP contribution is -2.35. The van der Waals surface area contributed by atoms with E-state index in [2.05, 4.69) is 20.3 Å². The van der Waals surface area contributed by atoms with Gasteiger partial charge in [0.05, 0.1) is 17.4 Å². The summed E-state index contributed by atoms with van der Waals surface area (Å²) in [4.78, 5) is 6.66. The van der Waals surface area contributed by atoms with Crippen LogP contribution in [0.2, 0.25) is 0 Å². The Balaban J connectivity index is 1.51. The van der Waals surface area contributed by atoms with Gasteiger partial charge in [-0.2, -0.15) is 18.2 Å². The van der Waals surface area contributed by atoms with Gasteiger partial charge in [0.15, 0.2) is 5.65 Å². The number of piperidine rings is 1. The molecule has 0 spiro atoms. The average molecular weight is 391 g/mol. The Morgan fingerprint density at radius 2 is 1.79 bits per heavy atom. The molecule has 6 nitrogen and oxygen atoms in total. The number of alkyl halides is 3. The van der Waals surface area contributed by atoms with Crippen LogP contribution < -0.4 is 5.32 Å². The number of aliphatic hydroxyl groups is 1. The summed E-state index contributed by atoms with van der Waals surface area (Å²) >= 11 is 0. The standard InChI is InChI=1S/C19H20F3N5O/c20-19(21,22)13-4-6-14(7-5-13)23-18-24-17-3-1-2-15(27(17)25-18)12-26-10-8-16(28)9-11-26/h1-7,16,28H,8-12H2,(H,23,25). The van der Waals surface area contributed by atoms with Crippen molar-refractivity contribution in [2.75, 3.05) is 18.4 Å². The molecule has 148 valence electrons. The van der Waals surface area contributed by atoms with Gasteiger partial charge in [0.2, 0.25) is 5.95 Å². The molecule has 28 heavy (non-hydrogen) atoms. The second-order valence-corrected chi connectivity index (χ2v) is 6.93. The highest BCUT2D eigenvalue weighted by Crippen LogP contribution is 2.30. The second kappa shape index (κ2) is 7.40. The van der Waals surface area contributed by atoms with Crippen LogP contribution in [0, 0.1) is 0 Å². The molecular weight excluding hydrogens is 371 g/mol. The van der Waals surface area contributed by atoms with Gasteiger partial charge in [-0.1, -0.05) is 6.07 Å². The van der Waals surface area contributed by atoms with Crippen molar-refractivity contribution in [2.24, 2.45) is 0 Å². The molecule has 3 aromatic rings. The fraction of sp³-hybridized carbons (Fsp3) is 0.368. The predicted molar refractivity (Wildman–Crippen MR) is 98.2 cm³/mol. The lowest BCUT2D eigenvalue weighted by Gasteiger charge is -2.29. The third-order valence-electron chi connectivity index (χ3n) is 4.85. The summed E-state index contributed by atoms with van der Waals surface area (Å²) < 4.78 is 39.8. The molecule has 4 rings (SSSR count). The van der Waals surface area contributed by atoms with Gasteiger partial charge in [-0.15, -0.1) is 5.10 Å². The van der Waals surface area contributed by atoms with Crippen molar-refractivity contribution < 1.29 is 18.3 Å². The Kier molecular flexibility index (Phi) is 4.94. The number of aromatic nitrogens is 3. The lowest BCUT2D eigenvalue weighted by molar-refractivity contribution is -0.137. The van der Waals surface area contributed by atoms with E-state index in [0.717, 1.165) is 43.8 Å². The number of fused-ring (bicyclic) bond motifs is 1. The fourth-order valence-electron chi connectivity index (χ4n) is 3.31. The maximum Gasteiger partial charge on any atom is 0.416 e. The highest BCUT2D eigenvalue weighted by atomic mass is 19.4. The predicted octanol–water partition coefficient (Wildman–Crippen LogP) is 3.45. The van der Waals surface area contributed by atoms with Crippen molar-refractivity contribution in [3.05, 3.63) is 53.7 Å². The van der Waals surface area contributed by atoms with E-state index in [9.17, 15) is 18.3 Å². The van der Waals surface area contributed by atoms with E-state index in [4.69, 9.17) is 0 Å². The summed E-state index contributed by atoms with van der Waals surface area (Å²) in [5, 5.41) is 17.1. The van der Waals surface area contributed by atoms with Crippen molar-refractivity contribution in [1.82, 2.24) is 19.5 Å². The number of aliphatic hydroxyl groups excluding tert-OH is 1. The highest BCUT2D eigenvalue weighted by molar-refractivity contribution is 5.56. The van der Waals surface area contributed by atoms with E-state index in [0.29, 0.717) is 23.8 Å². The summed E-state index contributed by atoms with van der Waals surface area (Å²) in [6.45, 7) is 2.33. The van der Waals surface area contributed by atoms with E-state index >= 15 is 0 Å². The van der Waals surface area contributed by atoms with Gasteiger partial charge in [-0.3, -0.25) is 4.90 Å². The molecule has 1 aromatic carbocycles. The number of hydrogen-bond acceptors (Lipinski definition) is 5. The van der Waals surface area contributed by atoms with Crippen LogP contribution in [-0.4, -0.2) is 43.8 Å². The van der Waals surface area contributed by atoms with E-state index in [1.165, 1.54) is 12.1 Å². The Morgan fingerprint density at radius 1 is 1.07 bits per heavy atom. The number of rotatable bonds is 4. The quantitative estimate of drug-likeness (QED) is 0.713. The smallest absolute Gasteiger partial charge is 0.393 e. The Bertz CT molecular complexity index is 946. The number of benzene rings is 1. The first-order valence-corrected chi connectivity index (χ1v) is 9.08. The molecule has 0 bridgehead atoms. The molecule has 0 atom stereocenters. The van der Waals surface area contributed by atoms with Crippen LogP contribution in [0.4, 0.5) is 24.8 Å². The third-order valence-corrected chi connectivity index (χ3v) is 4.85. The lowest BCUT2D eigenvalue weighted by atomic mass is 10.1. The number of likely N-dealkylation sites (tertiary alicyclic amines) is 1. The van der Waals surface area contributed by atoms with E-state index < -0.39 is 11.7 Å². The maximum atomic E-state index is 12.7. The second-order valence-electron chi connectivity index (χ2n) is 6.93. The number of nitrogens with zero attached hydrogens (tertiary/aromatic N) is 4. The maximum absolute atomic E-state index is 12.7. The van der Waals surface area contributed by atoms with Gasteiger partial charge in [0.1, 0.15) is 0 Å². The molecule has 1 aliphatic heterocycles. The van der Waals surface area contributed by atoms with Gasteiger partial charge < -0.3 is 10.4 Å². The number of pyridine rings is 1. The van der Waals surface area contributed by atoms with Gasteiger partial charge in [-0.05, 0) is 49.2 Å². The van der Waals surface area contributed by atoms with Gasteiger partial charge in [0.25, 0.3) is 0 Å². The molecule has 0 unspecified atom stereocenters. The van der Waals surface area contributed by atoms with Crippen LogP contribution in [0.3, 0.4) is 0 Å². The van der Waals surface area contributed by atoms with Crippen LogP contribution in [0.5, 0.6) is 0 Å². The molecule has 3 heterocycles. The van der Waals surface area contributed by atoms with Crippen molar-refractivity contribution in [3.8, 4) is 0 Å². The van der Waals surface area contributed by atoms with Crippen molar-refractivity contribution >= 4 is 17.3 Å². The van der Waals surface area contributed by atoms with Crippen LogP contribution in [-0.2, 0) is 12.7 Å². The monoisotopic (exact) mass is 391 g/mol. The minimum atomic E-state index is -4.36. The number of anilines is 2. The van der Waals surface area contributed by atoms with Crippen LogP contribution in [0.1, 0.15) is 24.1 Å². The topological polar surface area (TPSA) is 65.7 Å². The zero-order valence-corrected chi connectivity index (χ0v) is 15.0. The normalized spacial score (nSPS) is 16.6. The highest BCUT2D eigenvalue weighted by Gasteiger charge is 2.30. The molecule has 2 aromatic heterocycles.